The Kier molecular flexibility index (Phi) is 6.82. The van der Waals surface area contributed by atoms with E-state index in [1.807, 2.05) is 0 Å². The van der Waals surface area contributed by atoms with Crippen LogP contribution in [-0.4, -0.2) is 20.3 Å². The van der Waals surface area contributed by atoms with Crippen molar-refractivity contribution in [2.75, 3.05) is 0 Å². The first kappa shape index (κ1) is 24.6. The van der Waals surface area contributed by atoms with Crippen LogP contribution in [0.3, 0.4) is 0 Å². The number of nitrogens with zero attached hydrogens (tertiary/aromatic N) is 3. The summed E-state index contributed by atoms with van der Waals surface area (Å²) in [4.78, 5) is 39.1. The molecule has 4 rings (SSSR count). The van der Waals surface area contributed by atoms with Crippen LogP contribution in [0.15, 0.2) is 88.5 Å². The number of amides is 1. The van der Waals surface area contributed by atoms with Gasteiger partial charge in [0.05, 0.1) is 17.8 Å². The van der Waals surface area contributed by atoms with Gasteiger partial charge >= 0.3 is 11.9 Å². The monoisotopic (exact) mass is 498 g/mol. The fourth-order valence-electron chi connectivity index (χ4n) is 3.39. The minimum Gasteiger partial charge on any atom is -0.346 e. The summed E-state index contributed by atoms with van der Waals surface area (Å²) in [6, 6.07) is 17.4. The molecular weight excluding hydrogens is 480 g/mol. The highest BCUT2D eigenvalue weighted by molar-refractivity contribution is 5.91. The van der Waals surface area contributed by atoms with E-state index in [4.69, 9.17) is 0 Å². The number of hydrogen-bond acceptors (Lipinski definition) is 4. The number of carbonyl (C=O) groups excluding carboxylic acids is 1. The van der Waals surface area contributed by atoms with Gasteiger partial charge in [0.25, 0.3) is 11.5 Å². The number of hydrogen-bond donors (Lipinski definition) is 1. The molecule has 3 aromatic carbocycles. The van der Waals surface area contributed by atoms with Crippen molar-refractivity contribution >= 4 is 5.91 Å². The van der Waals surface area contributed by atoms with Gasteiger partial charge in [0.1, 0.15) is 5.82 Å². The second kappa shape index (κ2) is 9.98. The highest BCUT2D eigenvalue weighted by atomic mass is 19.4. The summed E-state index contributed by atoms with van der Waals surface area (Å²) in [5, 5.41) is 6.43. The topological polar surface area (TPSA) is 86.0 Å². The van der Waals surface area contributed by atoms with Crippen molar-refractivity contribution in [1.29, 1.82) is 0 Å². The number of nitrogens with one attached hydrogen (secondary N) is 1. The number of benzene rings is 3. The van der Waals surface area contributed by atoms with Crippen LogP contribution in [0.1, 0.15) is 27.2 Å². The van der Waals surface area contributed by atoms with Gasteiger partial charge in [-0.2, -0.15) is 23.0 Å². The van der Waals surface area contributed by atoms with Crippen molar-refractivity contribution in [2.45, 2.75) is 19.3 Å². The van der Waals surface area contributed by atoms with Crippen LogP contribution in [0, 0.1) is 5.82 Å². The van der Waals surface area contributed by atoms with E-state index in [9.17, 15) is 31.9 Å². The summed E-state index contributed by atoms with van der Waals surface area (Å²) in [5.41, 5.74) is -2.52. The molecule has 0 aliphatic heterocycles. The van der Waals surface area contributed by atoms with E-state index in [1.54, 1.807) is 30.3 Å². The lowest BCUT2D eigenvalue weighted by Crippen LogP contribution is -2.46. The van der Waals surface area contributed by atoms with E-state index in [0.29, 0.717) is 10.2 Å². The lowest BCUT2D eigenvalue weighted by atomic mass is 10.2. The van der Waals surface area contributed by atoms with Crippen LogP contribution in [-0.2, 0) is 19.3 Å². The standard InChI is InChI=1S/C25H18F4N4O3/c26-19-10-6-17(7-11-19)15-32-23(35)21(22(34)30-14-16-4-2-1-3-5-16)31-33(24(32)36)20-12-8-18(9-13-20)25(27,28)29/h1-13H,14-15H2,(H,30,34). The van der Waals surface area contributed by atoms with E-state index in [2.05, 4.69) is 10.4 Å². The SMILES string of the molecule is O=C(NCc1ccccc1)c1nn(-c2ccc(C(F)(F)F)cc2)c(=O)n(Cc2ccc(F)cc2)c1=O. The van der Waals surface area contributed by atoms with Crippen LogP contribution >= 0.6 is 0 Å². The summed E-state index contributed by atoms with van der Waals surface area (Å²) in [6.45, 7) is -0.252. The molecule has 0 atom stereocenters. The second-order valence-corrected chi connectivity index (χ2v) is 7.77. The van der Waals surface area contributed by atoms with Gasteiger partial charge < -0.3 is 5.32 Å². The predicted molar refractivity (Wildman–Crippen MR) is 122 cm³/mol. The van der Waals surface area contributed by atoms with Crippen molar-refractivity contribution in [3.63, 3.8) is 0 Å². The zero-order valence-corrected chi connectivity index (χ0v) is 18.5. The third kappa shape index (κ3) is 5.40. The van der Waals surface area contributed by atoms with Crippen LogP contribution in [0.25, 0.3) is 5.69 Å². The Morgan fingerprint density at radius 3 is 2.11 bits per heavy atom. The first-order valence-electron chi connectivity index (χ1n) is 10.6. The quantitative estimate of drug-likeness (QED) is 0.412. The fraction of sp³-hybridized carbons (Fsp3) is 0.120. The number of carbonyl (C=O) groups is 1. The summed E-state index contributed by atoms with van der Waals surface area (Å²) >= 11 is 0. The molecule has 0 bridgehead atoms. The number of rotatable bonds is 6. The molecule has 0 saturated heterocycles. The van der Waals surface area contributed by atoms with Crippen molar-refractivity contribution in [3.05, 3.63) is 128 Å². The summed E-state index contributed by atoms with van der Waals surface area (Å²) in [6.07, 6.45) is -4.60. The maximum Gasteiger partial charge on any atom is 0.416 e. The second-order valence-electron chi connectivity index (χ2n) is 7.77. The molecule has 4 aromatic rings. The van der Waals surface area contributed by atoms with Crippen molar-refractivity contribution in [2.24, 2.45) is 0 Å². The highest BCUT2D eigenvalue weighted by Gasteiger charge is 2.30. The van der Waals surface area contributed by atoms with E-state index < -0.39 is 40.4 Å². The van der Waals surface area contributed by atoms with Gasteiger partial charge in [-0.1, -0.05) is 42.5 Å². The van der Waals surface area contributed by atoms with Gasteiger partial charge in [0.15, 0.2) is 0 Å². The van der Waals surface area contributed by atoms with Gasteiger partial charge in [-0.3, -0.25) is 14.2 Å². The van der Waals surface area contributed by atoms with E-state index >= 15 is 0 Å². The van der Waals surface area contributed by atoms with E-state index in [0.717, 1.165) is 46.5 Å². The molecule has 0 aliphatic carbocycles. The Labute approximate surface area is 201 Å². The minimum absolute atomic E-state index is 0.0676. The van der Waals surface area contributed by atoms with Gasteiger partial charge in [-0.05, 0) is 47.5 Å². The Hall–Kier alpha value is -4.54. The molecule has 184 valence electrons. The lowest BCUT2D eigenvalue weighted by Gasteiger charge is -2.13. The number of aromatic nitrogens is 3. The van der Waals surface area contributed by atoms with Crippen LogP contribution < -0.4 is 16.6 Å². The minimum atomic E-state index is -4.60. The van der Waals surface area contributed by atoms with E-state index in [-0.39, 0.29) is 18.8 Å². The Balaban J connectivity index is 1.78. The summed E-state index contributed by atoms with van der Waals surface area (Å²) < 4.78 is 53.6. The summed E-state index contributed by atoms with van der Waals surface area (Å²) in [5.74, 6) is -1.40. The van der Waals surface area contributed by atoms with Crippen LogP contribution in [0.4, 0.5) is 17.6 Å². The fourth-order valence-corrected chi connectivity index (χ4v) is 3.39. The third-order valence-electron chi connectivity index (χ3n) is 5.26. The average molecular weight is 498 g/mol. The summed E-state index contributed by atoms with van der Waals surface area (Å²) in [7, 11) is 0. The molecule has 0 fully saturated rings. The van der Waals surface area contributed by atoms with Gasteiger partial charge in [-0.15, -0.1) is 0 Å². The molecule has 1 aromatic heterocycles. The van der Waals surface area contributed by atoms with Gasteiger partial charge in [-0.25, -0.2) is 9.18 Å². The Bertz CT molecular complexity index is 1490. The molecule has 7 nitrogen and oxygen atoms in total. The average Bonchev–Trinajstić information content (AvgIpc) is 2.86. The molecule has 1 N–H and O–H groups in total. The third-order valence-corrected chi connectivity index (χ3v) is 5.26. The molecule has 11 heteroatoms. The Morgan fingerprint density at radius 2 is 1.50 bits per heavy atom. The van der Waals surface area contributed by atoms with Gasteiger partial charge in [0, 0.05) is 6.54 Å². The Morgan fingerprint density at radius 1 is 0.861 bits per heavy atom. The highest BCUT2D eigenvalue weighted by Crippen LogP contribution is 2.29. The maximum absolute atomic E-state index is 13.3. The normalized spacial score (nSPS) is 11.3. The predicted octanol–water partition coefficient (Wildman–Crippen LogP) is 3.53. The lowest BCUT2D eigenvalue weighted by molar-refractivity contribution is -0.137. The number of alkyl halides is 3. The molecule has 0 saturated carbocycles. The van der Waals surface area contributed by atoms with Crippen molar-refractivity contribution < 1.29 is 22.4 Å². The molecule has 1 amide bonds. The maximum atomic E-state index is 13.3. The molecular formula is C25H18F4N4O3. The van der Waals surface area contributed by atoms with Crippen LogP contribution in [0.5, 0.6) is 0 Å². The first-order chi connectivity index (χ1) is 17.1. The first-order valence-corrected chi connectivity index (χ1v) is 10.6. The number of halogens is 4. The smallest absolute Gasteiger partial charge is 0.346 e. The van der Waals surface area contributed by atoms with Gasteiger partial charge in [0.2, 0.25) is 5.69 Å². The van der Waals surface area contributed by atoms with Crippen molar-refractivity contribution in [1.82, 2.24) is 19.7 Å². The molecule has 1 heterocycles. The van der Waals surface area contributed by atoms with Crippen LogP contribution in [0.2, 0.25) is 0 Å². The molecule has 0 aliphatic rings. The zero-order valence-electron chi connectivity index (χ0n) is 18.5. The zero-order chi connectivity index (χ0) is 25.9. The molecule has 0 unspecified atom stereocenters. The van der Waals surface area contributed by atoms with Crippen molar-refractivity contribution in [3.8, 4) is 5.69 Å². The molecule has 0 radical (unpaired) electrons. The van der Waals surface area contributed by atoms with E-state index in [1.165, 1.54) is 12.1 Å². The molecule has 36 heavy (non-hydrogen) atoms. The largest absolute Gasteiger partial charge is 0.416 e. The molecule has 0 spiro atoms.